The van der Waals surface area contributed by atoms with Gasteiger partial charge in [-0.2, -0.15) is 0 Å². The first kappa shape index (κ1) is 15.7. The summed E-state index contributed by atoms with van der Waals surface area (Å²) in [5.74, 6) is 0. The normalized spacial score (nSPS) is 15.4. The molecule has 0 aliphatic rings. The van der Waals surface area contributed by atoms with Crippen LogP contribution in [0.3, 0.4) is 0 Å². The van der Waals surface area contributed by atoms with Crippen LogP contribution in [0.5, 0.6) is 0 Å². The molecule has 112 valence electrons. The molecule has 2 N–H and O–H groups in total. The zero-order valence-electron chi connectivity index (χ0n) is 13.2. The van der Waals surface area contributed by atoms with Crippen molar-refractivity contribution in [2.24, 2.45) is 0 Å². The molecule has 21 heavy (non-hydrogen) atoms. The summed E-state index contributed by atoms with van der Waals surface area (Å²) < 4.78 is 0. The second-order valence-electron chi connectivity index (χ2n) is 5.56. The summed E-state index contributed by atoms with van der Waals surface area (Å²) in [6, 6.07) is 21.9. The average molecular weight is 282 g/mol. The van der Waals surface area contributed by atoms with Crippen molar-refractivity contribution in [2.75, 3.05) is 0 Å². The summed E-state index contributed by atoms with van der Waals surface area (Å²) in [5, 5.41) is 7.34. The van der Waals surface area contributed by atoms with E-state index in [1.54, 1.807) is 0 Å². The maximum atomic E-state index is 3.67. The Morgan fingerprint density at radius 1 is 0.714 bits per heavy atom. The van der Waals surface area contributed by atoms with Gasteiger partial charge in [-0.05, 0) is 31.4 Å². The highest BCUT2D eigenvalue weighted by Gasteiger charge is 2.14. The van der Waals surface area contributed by atoms with Crippen molar-refractivity contribution in [2.45, 2.75) is 45.4 Å². The lowest BCUT2D eigenvalue weighted by molar-refractivity contribution is 0.346. The summed E-state index contributed by atoms with van der Waals surface area (Å²) in [5.41, 5.74) is 2.65. The molecule has 0 bridgehead atoms. The zero-order valence-corrected chi connectivity index (χ0v) is 13.2. The SMILES string of the molecule is CCC(NC(C)c1ccccc1)NC(C)c1ccccc1. The van der Waals surface area contributed by atoms with Gasteiger partial charge in [-0.1, -0.05) is 67.6 Å². The fraction of sp³-hybridized carbons (Fsp3) is 0.368. The molecule has 2 atom stereocenters. The maximum Gasteiger partial charge on any atom is 0.0578 e. The van der Waals surface area contributed by atoms with Crippen LogP contribution in [0.15, 0.2) is 60.7 Å². The minimum atomic E-state index is 0.301. The van der Waals surface area contributed by atoms with E-state index in [0.29, 0.717) is 18.2 Å². The van der Waals surface area contributed by atoms with Gasteiger partial charge >= 0.3 is 0 Å². The number of nitrogens with one attached hydrogen (secondary N) is 2. The van der Waals surface area contributed by atoms with Crippen molar-refractivity contribution in [1.29, 1.82) is 0 Å². The highest BCUT2D eigenvalue weighted by Crippen LogP contribution is 2.15. The van der Waals surface area contributed by atoms with Crippen molar-refractivity contribution in [3.05, 3.63) is 71.8 Å². The third kappa shape index (κ3) is 4.69. The largest absolute Gasteiger partial charge is 0.295 e. The predicted octanol–water partition coefficient (Wildman–Crippen LogP) is 4.42. The predicted molar refractivity (Wildman–Crippen MR) is 90.1 cm³/mol. The Morgan fingerprint density at radius 3 is 1.43 bits per heavy atom. The average Bonchev–Trinajstić information content (AvgIpc) is 2.55. The van der Waals surface area contributed by atoms with Gasteiger partial charge in [0.2, 0.25) is 0 Å². The van der Waals surface area contributed by atoms with E-state index >= 15 is 0 Å². The highest BCUT2D eigenvalue weighted by atomic mass is 15.1. The van der Waals surface area contributed by atoms with Gasteiger partial charge in [0.1, 0.15) is 0 Å². The molecule has 2 nitrogen and oxygen atoms in total. The molecule has 0 radical (unpaired) electrons. The Hall–Kier alpha value is -1.64. The monoisotopic (exact) mass is 282 g/mol. The van der Waals surface area contributed by atoms with Crippen LogP contribution in [0.25, 0.3) is 0 Å². The number of rotatable bonds is 7. The van der Waals surface area contributed by atoms with Crippen molar-refractivity contribution >= 4 is 0 Å². The highest BCUT2D eigenvalue weighted by molar-refractivity contribution is 5.19. The van der Waals surface area contributed by atoms with Crippen LogP contribution < -0.4 is 10.6 Å². The summed E-state index contributed by atoms with van der Waals surface area (Å²) in [4.78, 5) is 0. The smallest absolute Gasteiger partial charge is 0.0578 e. The Bertz CT molecular complexity index is 462. The molecule has 2 unspecified atom stereocenters. The first-order valence-electron chi connectivity index (χ1n) is 7.82. The molecule has 2 aromatic rings. The molecule has 0 heterocycles. The van der Waals surface area contributed by atoms with Gasteiger partial charge in [0, 0.05) is 12.1 Å². The quantitative estimate of drug-likeness (QED) is 0.734. The molecule has 0 aromatic heterocycles. The molecule has 0 aliphatic heterocycles. The number of hydrogen-bond donors (Lipinski definition) is 2. The van der Waals surface area contributed by atoms with Crippen LogP contribution in [-0.4, -0.2) is 6.17 Å². The van der Waals surface area contributed by atoms with Crippen molar-refractivity contribution in [3.63, 3.8) is 0 Å². The van der Waals surface area contributed by atoms with Crippen molar-refractivity contribution in [1.82, 2.24) is 10.6 Å². The molecule has 0 fully saturated rings. The Morgan fingerprint density at radius 2 is 1.10 bits per heavy atom. The lowest BCUT2D eigenvalue weighted by Gasteiger charge is -2.27. The van der Waals surface area contributed by atoms with E-state index in [9.17, 15) is 0 Å². The van der Waals surface area contributed by atoms with Crippen LogP contribution in [0.2, 0.25) is 0 Å². The standard InChI is InChI=1S/C19H26N2/c1-4-19(20-15(2)17-11-7-5-8-12-17)21-16(3)18-13-9-6-10-14-18/h5-16,19-21H,4H2,1-3H3. The summed E-state index contributed by atoms with van der Waals surface area (Å²) in [6.45, 7) is 6.64. The molecule has 2 heteroatoms. The zero-order chi connectivity index (χ0) is 15.1. The van der Waals surface area contributed by atoms with Gasteiger partial charge in [0.05, 0.1) is 6.17 Å². The first-order valence-corrected chi connectivity index (χ1v) is 7.82. The van der Waals surface area contributed by atoms with Gasteiger partial charge in [-0.25, -0.2) is 0 Å². The molecule has 0 saturated carbocycles. The molecular weight excluding hydrogens is 256 g/mol. The summed E-state index contributed by atoms with van der Waals surface area (Å²) in [6.07, 6.45) is 1.35. The number of hydrogen-bond acceptors (Lipinski definition) is 2. The second kappa shape index (κ2) is 7.96. The molecular formula is C19H26N2. The summed E-state index contributed by atoms with van der Waals surface area (Å²) >= 11 is 0. The van der Waals surface area contributed by atoms with Gasteiger partial charge < -0.3 is 0 Å². The number of benzene rings is 2. The molecule has 0 aliphatic carbocycles. The molecule has 0 saturated heterocycles. The fourth-order valence-electron chi connectivity index (χ4n) is 2.56. The van der Waals surface area contributed by atoms with Crippen LogP contribution >= 0.6 is 0 Å². The van der Waals surface area contributed by atoms with E-state index in [4.69, 9.17) is 0 Å². The van der Waals surface area contributed by atoms with Crippen molar-refractivity contribution in [3.8, 4) is 0 Å². The minimum Gasteiger partial charge on any atom is -0.295 e. The third-order valence-corrected chi connectivity index (χ3v) is 3.91. The van der Waals surface area contributed by atoms with Gasteiger partial charge in [0.25, 0.3) is 0 Å². The van der Waals surface area contributed by atoms with E-state index in [-0.39, 0.29) is 0 Å². The van der Waals surface area contributed by atoms with E-state index in [2.05, 4.69) is 92.1 Å². The van der Waals surface area contributed by atoms with E-state index in [1.807, 2.05) is 0 Å². The van der Waals surface area contributed by atoms with E-state index in [0.717, 1.165) is 6.42 Å². The fourth-order valence-corrected chi connectivity index (χ4v) is 2.56. The Kier molecular flexibility index (Phi) is 5.97. The first-order chi connectivity index (χ1) is 10.2. The lowest BCUT2D eigenvalue weighted by atomic mass is 10.1. The Labute approximate surface area is 128 Å². The van der Waals surface area contributed by atoms with E-state index in [1.165, 1.54) is 11.1 Å². The molecule has 2 aromatic carbocycles. The lowest BCUT2D eigenvalue weighted by Crippen LogP contribution is -2.44. The van der Waals surface area contributed by atoms with Crippen molar-refractivity contribution < 1.29 is 0 Å². The second-order valence-corrected chi connectivity index (χ2v) is 5.56. The van der Waals surface area contributed by atoms with Gasteiger partial charge in [-0.3, -0.25) is 10.6 Å². The van der Waals surface area contributed by atoms with Crippen LogP contribution in [0.1, 0.15) is 50.4 Å². The summed E-state index contributed by atoms with van der Waals surface area (Å²) in [7, 11) is 0. The topological polar surface area (TPSA) is 24.1 Å². The van der Waals surface area contributed by atoms with Crippen LogP contribution in [0, 0.1) is 0 Å². The van der Waals surface area contributed by atoms with Gasteiger partial charge in [-0.15, -0.1) is 0 Å². The van der Waals surface area contributed by atoms with Crippen LogP contribution in [-0.2, 0) is 0 Å². The van der Waals surface area contributed by atoms with Crippen LogP contribution in [0.4, 0.5) is 0 Å². The van der Waals surface area contributed by atoms with Gasteiger partial charge in [0.15, 0.2) is 0 Å². The molecule has 0 spiro atoms. The Balaban J connectivity index is 1.94. The molecule has 0 amide bonds. The molecule has 2 rings (SSSR count). The minimum absolute atomic E-state index is 0.301. The van der Waals surface area contributed by atoms with E-state index < -0.39 is 0 Å². The third-order valence-electron chi connectivity index (χ3n) is 3.91. The maximum absolute atomic E-state index is 3.67.